The van der Waals surface area contributed by atoms with Crippen molar-refractivity contribution in [3.8, 4) is 0 Å². The van der Waals surface area contributed by atoms with Gasteiger partial charge in [-0.15, -0.1) is 0 Å². The predicted octanol–water partition coefficient (Wildman–Crippen LogP) is 0.205. The Balaban J connectivity index is 1.74. The molecule has 6 nitrogen and oxygen atoms in total. The summed E-state index contributed by atoms with van der Waals surface area (Å²) in [6, 6.07) is -0.215. The third kappa shape index (κ3) is 2.44. The summed E-state index contributed by atoms with van der Waals surface area (Å²) in [6.45, 7) is 2.61. The Morgan fingerprint density at radius 3 is 2.94 bits per heavy atom. The van der Waals surface area contributed by atoms with Crippen molar-refractivity contribution in [1.29, 1.82) is 0 Å². The molecular formula is C10H15NO5. The molecule has 2 aliphatic heterocycles. The number of cyclic esters (lactones) is 2. The molecule has 0 amide bonds. The smallest absolute Gasteiger partial charge is 0.460 e. The lowest BCUT2D eigenvalue weighted by Gasteiger charge is -2.14. The minimum Gasteiger partial charge on any atom is -0.460 e. The third-order valence-electron chi connectivity index (χ3n) is 2.79. The van der Waals surface area contributed by atoms with Crippen LogP contribution in [-0.2, 0) is 19.0 Å². The van der Waals surface area contributed by atoms with Crippen molar-refractivity contribution in [1.82, 2.24) is 5.32 Å². The highest BCUT2D eigenvalue weighted by Crippen LogP contribution is 2.15. The molecule has 2 aliphatic rings. The lowest BCUT2D eigenvalue weighted by Crippen LogP contribution is -2.35. The van der Waals surface area contributed by atoms with Gasteiger partial charge in [-0.3, -0.25) is 4.79 Å². The average molecular weight is 229 g/mol. The number of carbonyl (C=O) groups excluding carboxylic acids is 2. The first-order valence-electron chi connectivity index (χ1n) is 5.44. The summed E-state index contributed by atoms with van der Waals surface area (Å²) < 4.78 is 14.7. The van der Waals surface area contributed by atoms with Crippen LogP contribution in [0.25, 0.3) is 0 Å². The maximum atomic E-state index is 11.5. The molecule has 6 heteroatoms. The van der Waals surface area contributed by atoms with Gasteiger partial charge in [0.1, 0.15) is 18.8 Å². The number of nitrogens with one attached hydrogen (secondary N) is 1. The molecule has 0 bridgehead atoms. The van der Waals surface area contributed by atoms with Gasteiger partial charge < -0.3 is 19.5 Å². The van der Waals surface area contributed by atoms with Gasteiger partial charge in [0.05, 0.1) is 0 Å². The molecule has 2 saturated heterocycles. The van der Waals surface area contributed by atoms with Crippen LogP contribution in [0.1, 0.15) is 19.8 Å². The van der Waals surface area contributed by atoms with Gasteiger partial charge in [-0.2, -0.15) is 0 Å². The molecule has 90 valence electrons. The molecule has 2 heterocycles. The van der Waals surface area contributed by atoms with Crippen LogP contribution in [-0.4, -0.2) is 43.5 Å². The summed E-state index contributed by atoms with van der Waals surface area (Å²) >= 11 is 0. The second kappa shape index (κ2) is 4.69. The monoisotopic (exact) mass is 229 g/mol. The minimum atomic E-state index is -0.701. The molecule has 2 unspecified atom stereocenters. The quantitative estimate of drug-likeness (QED) is 0.697. The van der Waals surface area contributed by atoms with E-state index < -0.39 is 12.3 Å². The Hall–Kier alpha value is -1.30. The van der Waals surface area contributed by atoms with Crippen LogP contribution >= 0.6 is 0 Å². The summed E-state index contributed by atoms with van der Waals surface area (Å²) in [5, 5.41) is 3.04. The highest BCUT2D eigenvalue weighted by molar-refractivity contribution is 5.76. The lowest BCUT2D eigenvalue weighted by atomic mass is 10.2. The van der Waals surface area contributed by atoms with Crippen LogP contribution in [0.5, 0.6) is 0 Å². The zero-order valence-electron chi connectivity index (χ0n) is 9.10. The molecule has 3 atom stereocenters. The number of ether oxygens (including phenoxy) is 3. The summed E-state index contributed by atoms with van der Waals surface area (Å²) in [6.07, 6.45) is 0.231. The van der Waals surface area contributed by atoms with E-state index >= 15 is 0 Å². The molecule has 0 aliphatic carbocycles. The van der Waals surface area contributed by atoms with Gasteiger partial charge in [0.25, 0.3) is 0 Å². The van der Waals surface area contributed by atoms with Crippen molar-refractivity contribution >= 4 is 12.1 Å². The van der Waals surface area contributed by atoms with Crippen molar-refractivity contribution in [3.05, 3.63) is 0 Å². The fraction of sp³-hybridized carbons (Fsp3) is 0.800. The van der Waals surface area contributed by atoms with Crippen LogP contribution in [0.15, 0.2) is 0 Å². The van der Waals surface area contributed by atoms with Crippen LogP contribution in [0, 0.1) is 0 Å². The zero-order valence-corrected chi connectivity index (χ0v) is 9.10. The van der Waals surface area contributed by atoms with Crippen LogP contribution in [0.4, 0.5) is 4.79 Å². The SMILES string of the molecule is CC1OC(=O)OC1COC(=O)[C@@H]1CCCN1. The number of hydrogen-bond donors (Lipinski definition) is 1. The number of hydrogen-bond acceptors (Lipinski definition) is 6. The van der Waals surface area contributed by atoms with Crippen molar-refractivity contribution < 1.29 is 23.8 Å². The molecule has 2 fully saturated rings. The largest absolute Gasteiger partial charge is 0.509 e. The molecule has 0 spiro atoms. The van der Waals surface area contributed by atoms with E-state index in [1.54, 1.807) is 6.92 Å². The Bertz CT molecular complexity index is 287. The standard InChI is InChI=1S/C10H15NO5/c1-6-8(16-10(13)15-6)5-14-9(12)7-3-2-4-11-7/h6-8,11H,2-5H2,1H3/t6?,7-,8?/m0/s1. The van der Waals surface area contributed by atoms with Crippen molar-refractivity contribution in [2.45, 2.75) is 38.0 Å². The summed E-state index contributed by atoms with van der Waals surface area (Å²) in [4.78, 5) is 22.3. The second-order valence-corrected chi connectivity index (χ2v) is 4.01. The van der Waals surface area contributed by atoms with E-state index in [1.807, 2.05) is 0 Å². The van der Waals surface area contributed by atoms with Gasteiger partial charge in [0, 0.05) is 0 Å². The molecule has 16 heavy (non-hydrogen) atoms. The van der Waals surface area contributed by atoms with Gasteiger partial charge >= 0.3 is 12.1 Å². The highest BCUT2D eigenvalue weighted by atomic mass is 16.8. The van der Waals surface area contributed by atoms with Crippen LogP contribution in [0.2, 0.25) is 0 Å². The fourth-order valence-electron chi connectivity index (χ4n) is 1.79. The summed E-state index contributed by atoms with van der Waals surface area (Å²) in [5.41, 5.74) is 0. The average Bonchev–Trinajstić information content (AvgIpc) is 2.84. The molecule has 0 saturated carbocycles. The zero-order chi connectivity index (χ0) is 11.5. The molecule has 0 aromatic heterocycles. The topological polar surface area (TPSA) is 73.9 Å². The van der Waals surface area contributed by atoms with Gasteiger partial charge in [0.2, 0.25) is 0 Å². The van der Waals surface area contributed by atoms with Crippen molar-refractivity contribution in [2.24, 2.45) is 0 Å². The summed E-state index contributed by atoms with van der Waals surface area (Å²) in [7, 11) is 0. The number of rotatable bonds is 3. The number of esters is 1. The number of carbonyl (C=O) groups is 2. The van der Waals surface area contributed by atoms with E-state index in [1.165, 1.54) is 0 Å². The van der Waals surface area contributed by atoms with Gasteiger partial charge in [-0.05, 0) is 26.3 Å². The van der Waals surface area contributed by atoms with E-state index in [9.17, 15) is 9.59 Å². The highest BCUT2D eigenvalue weighted by Gasteiger charge is 2.35. The second-order valence-electron chi connectivity index (χ2n) is 4.01. The van der Waals surface area contributed by atoms with Gasteiger partial charge in [0.15, 0.2) is 6.10 Å². The molecular weight excluding hydrogens is 214 g/mol. The maximum absolute atomic E-state index is 11.5. The molecule has 0 radical (unpaired) electrons. The Kier molecular flexibility index (Phi) is 3.28. The molecule has 0 aromatic carbocycles. The minimum absolute atomic E-state index is 0.0594. The first-order chi connectivity index (χ1) is 7.66. The van der Waals surface area contributed by atoms with Crippen molar-refractivity contribution in [2.75, 3.05) is 13.2 Å². The molecule has 2 rings (SSSR count). The molecule has 0 aromatic rings. The van der Waals surface area contributed by atoms with Gasteiger partial charge in [-0.1, -0.05) is 0 Å². The van der Waals surface area contributed by atoms with E-state index in [-0.39, 0.29) is 24.7 Å². The third-order valence-corrected chi connectivity index (χ3v) is 2.79. The summed E-state index contributed by atoms with van der Waals surface area (Å²) in [5.74, 6) is -0.285. The van der Waals surface area contributed by atoms with E-state index in [2.05, 4.69) is 5.32 Å². The van der Waals surface area contributed by atoms with Crippen molar-refractivity contribution in [3.63, 3.8) is 0 Å². The van der Waals surface area contributed by atoms with Crippen LogP contribution in [0.3, 0.4) is 0 Å². The predicted molar refractivity (Wildman–Crippen MR) is 52.8 cm³/mol. The van der Waals surface area contributed by atoms with E-state index in [0.717, 1.165) is 19.4 Å². The van der Waals surface area contributed by atoms with E-state index in [4.69, 9.17) is 14.2 Å². The lowest BCUT2D eigenvalue weighted by molar-refractivity contribution is -0.148. The molecule has 1 N–H and O–H groups in total. The normalized spacial score (nSPS) is 33.3. The van der Waals surface area contributed by atoms with Crippen LogP contribution < -0.4 is 5.32 Å². The first kappa shape index (κ1) is 11.2. The fourth-order valence-corrected chi connectivity index (χ4v) is 1.79. The van der Waals surface area contributed by atoms with Gasteiger partial charge in [-0.25, -0.2) is 4.79 Å². The Morgan fingerprint density at radius 2 is 2.38 bits per heavy atom. The van der Waals surface area contributed by atoms with E-state index in [0.29, 0.717) is 0 Å². The first-order valence-corrected chi connectivity index (χ1v) is 5.44. The Morgan fingerprint density at radius 1 is 1.56 bits per heavy atom. The Labute approximate surface area is 93.2 Å². The maximum Gasteiger partial charge on any atom is 0.509 e.